The third kappa shape index (κ3) is 11.2. The molecule has 1 unspecified atom stereocenters. The summed E-state index contributed by atoms with van der Waals surface area (Å²) in [4.78, 5) is 28.5. The second-order valence-electron chi connectivity index (χ2n) is 26.2. The van der Waals surface area contributed by atoms with Gasteiger partial charge in [0.05, 0.1) is 43.7 Å². The summed E-state index contributed by atoms with van der Waals surface area (Å²) in [5.41, 5.74) is -8.81. The maximum atomic E-state index is 14.5. The second kappa shape index (κ2) is 24.5. The number of carbonyl (C=O) groups is 2. The predicted molar refractivity (Wildman–Crippen MR) is 274 cm³/mol. The van der Waals surface area contributed by atoms with Gasteiger partial charge in [-0.25, -0.2) is 8.42 Å². The van der Waals surface area contributed by atoms with Crippen molar-refractivity contribution in [3.8, 4) is 0 Å². The summed E-state index contributed by atoms with van der Waals surface area (Å²) < 4.78 is 99.2. The average molecular weight is 1240 g/mol. The molecule has 5 heterocycles. The summed E-state index contributed by atoms with van der Waals surface area (Å²) in [6, 6.07) is 0. The Bertz CT molecular complexity index is 2520. The van der Waals surface area contributed by atoms with Crippen LogP contribution in [0.25, 0.3) is 0 Å². The molecule has 3 saturated carbocycles. The standard InChI is InChI=1S/C54H86O28S.Na/c1-22-39(78-45-38(65)41(33(60)26(20-56)76-45)79-44-37(64)40(72-9)32(59)25(19-55)75-44)35(62)36(63)43(74-22)80-42-34(61)27(82-83(69,70)71)21-73-46(42)77-31-13-15-50(6)24-18-30(58)54-47(66)81-52(8,29(57)12-14-48(2,3)67)53(54,68)17-16-51(54,7)23(24)10-11-28(50)49(31,4)5;/h18,22-23,25-28,30-46,55-56,58-65,67-68H,10-17,19-21H2,1-9H3,(H,69,70,71);/q;+1/p-1/t22-,23-,25-,26-,27-,28+,30+,31+,32-,33-,34+,35-,36-,37-,38-,39-,40+,41+,42-,43+,44+,45+,46+,50-,51+,52+,53+,54?;/m1./s1. The van der Waals surface area contributed by atoms with Crippen LogP contribution < -0.4 is 29.6 Å². The minimum Gasteiger partial charge on any atom is -0.726 e. The number of aliphatic hydroxyl groups is 12. The van der Waals surface area contributed by atoms with Crippen LogP contribution in [0.3, 0.4) is 0 Å². The van der Waals surface area contributed by atoms with E-state index in [1.165, 1.54) is 21.0 Å². The molecule has 476 valence electrons. The van der Waals surface area contributed by atoms with Gasteiger partial charge in [-0.15, -0.1) is 0 Å². The van der Waals surface area contributed by atoms with Crippen LogP contribution >= 0.6 is 0 Å². The van der Waals surface area contributed by atoms with Crippen molar-refractivity contribution in [3.05, 3.63) is 11.6 Å². The number of ketones is 1. The number of Topliss-reactive ketones (excluding diaryl/α,β-unsaturated/α-hetero) is 1. The van der Waals surface area contributed by atoms with Gasteiger partial charge in [0.2, 0.25) is 10.4 Å². The molecule has 28 nitrogen and oxygen atoms in total. The molecule has 0 radical (unpaired) electrons. The van der Waals surface area contributed by atoms with Gasteiger partial charge in [0.1, 0.15) is 96.5 Å². The fourth-order valence-corrected chi connectivity index (χ4v) is 16.7. The van der Waals surface area contributed by atoms with Crippen LogP contribution in [-0.2, 0) is 71.5 Å². The third-order valence-corrected chi connectivity index (χ3v) is 21.2. The van der Waals surface area contributed by atoms with E-state index in [1.54, 1.807) is 19.9 Å². The fourth-order valence-electron chi connectivity index (χ4n) is 16.2. The maximum Gasteiger partial charge on any atom is 1.00 e. The van der Waals surface area contributed by atoms with Crippen LogP contribution in [0.5, 0.6) is 0 Å². The second-order valence-corrected chi connectivity index (χ2v) is 27.2. The topological polar surface area (TPSA) is 436 Å². The molecule has 0 bridgehead atoms. The molecule has 5 saturated heterocycles. The normalized spacial score (nSPS) is 50.2. The van der Waals surface area contributed by atoms with E-state index in [0.717, 1.165) is 5.57 Å². The number of carbonyl (C=O) groups excluding carboxylic acids is 2. The van der Waals surface area contributed by atoms with Crippen molar-refractivity contribution in [1.29, 1.82) is 0 Å². The molecule has 4 aliphatic carbocycles. The van der Waals surface area contributed by atoms with Gasteiger partial charge in [-0.1, -0.05) is 39.3 Å². The number of cyclic esters (lactones) is 1. The average Bonchev–Trinajstić information content (AvgIpc) is 1.45. The molecule has 1 spiro atoms. The van der Waals surface area contributed by atoms with Crippen molar-refractivity contribution in [1.82, 2.24) is 0 Å². The van der Waals surface area contributed by atoms with Crippen molar-refractivity contribution in [2.75, 3.05) is 26.9 Å². The molecule has 84 heavy (non-hydrogen) atoms. The van der Waals surface area contributed by atoms with E-state index in [0.29, 0.717) is 25.7 Å². The minimum atomic E-state index is -5.46. The van der Waals surface area contributed by atoms with Crippen molar-refractivity contribution < 1.29 is 165 Å². The SMILES string of the molecule is CO[C@@H]1[C@@H](O)[C@H](O[C@@H]2[C@@H](O)[C@H](O[C@H]3[C@H](O)[C@@H](O)[C@H](O[C@H]4[C@H](O[C@H]5CC[C@]6(C)C7=C[C@H](O)C89C(=O)O[C@@](C)(C(=O)CCC(C)(C)O)[C@@]8(O)CC[C@@]9(C)[C@@H]7CC[C@H]6C5(C)C)OC[C@@H](OS(=O)(=O)[O-])[C@@H]4O)O[C@@H]3C)O[C@H](CO)[C@H]2O)O[C@H](CO)[C@H]1O.[Na+]. The first kappa shape index (κ1) is 68.8. The number of hydrogen-bond donors (Lipinski definition) is 12. The summed E-state index contributed by atoms with van der Waals surface area (Å²) in [5.74, 6) is -1.97. The van der Waals surface area contributed by atoms with Crippen molar-refractivity contribution in [3.63, 3.8) is 0 Å². The quantitative estimate of drug-likeness (QED) is 0.0161. The van der Waals surface area contributed by atoms with Crippen molar-refractivity contribution in [2.45, 2.75) is 252 Å². The predicted octanol–water partition coefficient (Wildman–Crippen LogP) is -6.44. The van der Waals surface area contributed by atoms with Crippen LogP contribution in [0.2, 0.25) is 0 Å². The van der Waals surface area contributed by atoms with Gasteiger partial charge in [0.15, 0.2) is 36.5 Å². The first-order chi connectivity index (χ1) is 38.5. The summed E-state index contributed by atoms with van der Waals surface area (Å²) in [6.07, 6.45) is -31.6. The zero-order valence-corrected chi connectivity index (χ0v) is 51.8. The summed E-state index contributed by atoms with van der Waals surface area (Å²) >= 11 is 0. The molecule has 8 fully saturated rings. The Kier molecular flexibility index (Phi) is 20.1. The molecular formula is C54H85NaO28S. The molecule has 30 heteroatoms. The Hall–Kier alpha value is -1.09. The number of rotatable bonds is 17. The molecule has 0 aromatic carbocycles. The summed E-state index contributed by atoms with van der Waals surface area (Å²) in [5, 5.41) is 135. The van der Waals surface area contributed by atoms with Crippen molar-refractivity contribution >= 4 is 22.2 Å². The molecule has 9 aliphatic rings. The molecule has 12 N–H and O–H groups in total. The number of fused-ring (bicyclic) bond motifs is 4. The zero-order chi connectivity index (χ0) is 61.3. The van der Waals surface area contributed by atoms with Crippen LogP contribution in [0.4, 0.5) is 0 Å². The van der Waals surface area contributed by atoms with Gasteiger partial charge in [0, 0.05) is 13.5 Å². The molecule has 5 aliphatic heterocycles. The van der Waals surface area contributed by atoms with Gasteiger partial charge in [-0.2, -0.15) is 0 Å². The van der Waals surface area contributed by atoms with E-state index in [2.05, 4.69) is 11.1 Å². The van der Waals surface area contributed by atoms with E-state index < -0.39 is 209 Å². The van der Waals surface area contributed by atoms with Crippen LogP contribution in [0.15, 0.2) is 11.6 Å². The fraction of sp³-hybridized carbons (Fsp3) is 0.926. The Morgan fingerprint density at radius 1 is 0.738 bits per heavy atom. The van der Waals surface area contributed by atoms with E-state index in [9.17, 15) is 83.8 Å². The van der Waals surface area contributed by atoms with E-state index >= 15 is 0 Å². The van der Waals surface area contributed by atoms with Gasteiger partial charge in [-0.3, -0.25) is 13.8 Å². The summed E-state index contributed by atoms with van der Waals surface area (Å²) in [7, 11) is -4.30. The van der Waals surface area contributed by atoms with E-state index in [1.807, 2.05) is 20.8 Å². The van der Waals surface area contributed by atoms with Gasteiger partial charge >= 0.3 is 35.5 Å². The third-order valence-electron chi connectivity index (χ3n) is 20.7. The number of esters is 1. The Morgan fingerprint density at radius 2 is 1.31 bits per heavy atom. The molecule has 0 aromatic rings. The zero-order valence-electron chi connectivity index (χ0n) is 48.9. The number of methoxy groups -OCH3 is 1. The first-order valence-corrected chi connectivity index (χ1v) is 29.8. The van der Waals surface area contributed by atoms with Gasteiger partial charge < -0.3 is 113 Å². The largest absolute Gasteiger partial charge is 1.00 e. The number of allylic oxidation sites excluding steroid dienone is 1. The maximum absolute atomic E-state index is 14.5. The molecule has 0 aromatic heterocycles. The van der Waals surface area contributed by atoms with Gasteiger partial charge in [-0.05, 0) is 101 Å². The smallest absolute Gasteiger partial charge is 0.726 e. The monoisotopic (exact) mass is 1240 g/mol. The molecule has 9 rings (SSSR count). The van der Waals surface area contributed by atoms with Crippen molar-refractivity contribution in [2.24, 2.45) is 33.5 Å². The van der Waals surface area contributed by atoms with Gasteiger partial charge in [0.25, 0.3) is 0 Å². The molecular weight excluding hydrogens is 1150 g/mol. The number of hydrogen-bond acceptors (Lipinski definition) is 28. The van der Waals surface area contributed by atoms with Crippen LogP contribution in [0, 0.1) is 33.5 Å². The Balaban J connectivity index is 0.00000920. The number of aliphatic hydroxyl groups excluding tert-OH is 10. The summed E-state index contributed by atoms with van der Waals surface area (Å²) in [6.45, 7) is 11.4. The first-order valence-electron chi connectivity index (χ1n) is 28.5. The minimum absolute atomic E-state index is 0. The number of ether oxygens (including phenoxy) is 10. The van der Waals surface area contributed by atoms with Crippen LogP contribution in [-0.4, -0.2) is 259 Å². The molecule has 28 atom stereocenters. The Morgan fingerprint density at radius 3 is 1.89 bits per heavy atom. The van der Waals surface area contributed by atoms with E-state index in [-0.39, 0.29) is 67.1 Å². The van der Waals surface area contributed by atoms with E-state index in [4.69, 9.17) is 47.4 Å². The van der Waals surface area contributed by atoms with Crippen LogP contribution in [0.1, 0.15) is 107 Å². The Labute approximate surface area is 509 Å². The molecule has 0 amide bonds.